The molecule has 2 aromatic carbocycles. The lowest BCUT2D eigenvalue weighted by atomic mass is 10.2. The minimum Gasteiger partial charge on any atom is -0.360 e. The van der Waals surface area contributed by atoms with E-state index in [0.717, 1.165) is 5.56 Å². The van der Waals surface area contributed by atoms with Crippen LogP contribution >= 0.6 is 0 Å². The van der Waals surface area contributed by atoms with E-state index < -0.39 is 5.82 Å². The van der Waals surface area contributed by atoms with E-state index in [0.29, 0.717) is 29.4 Å². The van der Waals surface area contributed by atoms with Gasteiger partial charge in [0, 0.05) is 6.54 Å². The lowest BCUT2D eigenvalue weighted by Gasteiger charge is -2.08. The van der Waals surface area contributed by atoms with Crippen LogP contribution in [0.15, 0.2) is 66.7 Å². The molecule has 0 atom stereocenters. The van der Waals surface area contributed by atoms with Gasteiger partial charge in [0.25, 0.3) is 0 Å². The van der Waals surface area contributed by atoms with Crippen molar-refractivity contribution in [1.82, 2.24) is 25.1 Å². The van der Waals surface area contributed by atoms with Gasteiger partial charge in [-0.15, -0.1) is 15.3 Å². The number of halogens is 1. The van der Waals surface area contributed by atoms with Gasteiger partial charge in [-0.05, 0) is 29.8 Å². The van der Waals surface area contributed by atoms with Gasteiger partial charge in [-0.1, -0.05) is 42.5 Å². The Morgan fingerprint density at radius 1 is 0.964 bits per heavy atom. The highest BCUT2D eigenvalue weighted by molar-refractivity contribution is 5.80. The molecular weight excluding hydrogens is 359 g/mol. The number of benzene rings is 2. The number of aromatic nitrogens is 4. The zero-order valence-corrected chi connectivity index (χ0v) is 14.8. The summed E-state index contributed by atoms with van der Waals surface area (Å²) in [6, 6.07) is 19.4. The normalized spacial score (nSPS) is 10.8. The number of rotatable bonds is 6. The summed E-state index contributed by atoms with van der Waals surface area (Å²) in [6.45, 7) is 0.513. The second-order valence-electron chi connectivity index (χ2n) is 6.11. The number of nitrogens with zero attached hydrogens (tertiary/aromatic N) is 4. The highest BCUT2D eigenvalue weighted by Gasteiger charge is 2.13. The molecular formula is C20H17FN6O. The fourth-order valence-corrected chi connectivity index (χ4v) is 2.72. The number of carbonyl (C=O) groups excluding carboxylic acids is 1. The molecule has 0 bridgehead atoms. The molecule has 0 unspecified atom stereocenters. The van der Waals surface area contributed by atoms with E-state index in [-0.39, 0.29) is 12.5 Å². The second kappa shape index (κ2) is 7.83. The fourth-order valence-electron chi connectivity index (χ4n) is 2.72. The fraction of sp³-hybridized carbons (Fsp3) is 0.100. The summed E-state index contributed by atoms with van der Waals surface area (Å²) in [5.74, 6) is 0.186. The van der Waals surface area contributed by atoms with Crippen molar-refractivity contribution in [3.63, 3.8) is 0 Å². The summed E-state index contributed by atoms with van der Waals surface area (Å²) in [7, 11) is 0. The van der Waals surface area contributed by atoms with Crippen molar-refractivity contribution >= 4 is 17.4 Å². The molecule has 0 saturated heterocycles. The van der Waals surface area contributed by atoms with Gasteiger partial charge in [0.2, 0.25) is 5.91 Å². The van der Waals surface area contributed by atoms with Crippen molar-refractivity contribution in [2.24, 2.45) is 0 Å². The Balaban J connectivity index is 1.45. The van der Waals surface area contributed by atoms with Crippen LogP contribution in [0, 0.1) is 5.82 Å². The first-order chi connectivity index (χ1) is 13.7. The summed E-state index contributed by atoms with van der Waals surface area (Å²) in [5.41, 5.74) is 1.81. The average molecular weight is 376 g/mol. The third-order valence-corrected chi connectivity index (χ3v) is 4.14. The van der Waals surface area contributed by atoms with Crippen LogP contribution in [0.25, 0.3) is 17.0 Å². The van der Waals surface area contributed by atoms with Crippen LogP contribution in [-0.4, -0.2) is 32.3 Å². The van der Waals surface area contributed by atoms with E-state index in [1.165, 1.54) is 10.6 Å². The molecule has 140 valence electrons. The van der Waals surface area contributed by atoms with Gasteiger partial charge in [0.15, 0.2) is 11.5 Å². The van der Waals surface area contributed by atoms with Gasteiger partial charge in [-0.2, -0.15) is 4.52 Å². The van der Waals surface area contributed by atoms with Crippen LogP contribution in [-0.2, 0) is 11.3 Å². The number of nitrogens with one attached hydrogen (secondary N) is 2. The molecule has 4 aromatic rings. The summed E-state index contributed by atoms with van der Waals surface area (Å²) >= 11 is 0. The van der Waals surface area contributed by atoms with E-state index >= 15 is 0 Å². The number of anilines is 1. The molecule has 1 amide bonds. The molecule has 0 radical (unpaired) electrons. The Morgan fingerprint density at radius 3 is 2.57 bits per heavy atom. The summed E-state index contributed by atoms with van der Waals surface area (Å²) in [4.78, 5) is 12.1. The average Bonchev–Trinajstić information content (AvgIpc) is 3.15. The third kappa shape index (κ3) is 3.80. The minimum atomic E-state index is -0.405. The first-order valence-corrected chi connectivity index (χ1v) is 8.72. The lowest BCUT2D eigenvalue weighted by Crippen LogP contribution is -2.29. The standard InChI is InChI=1S/C20H17FN6O/c21-16-9-5-4-8-15(16)20-25-24-18-11-10-17(26-27(18)20)22-13-19(28)23-12-14-6-2-1-3-7-14/h1-11H,12-13H2,(H,22,26)(H,23,28). The van der Waals surface area contributed by atoms with E-state index in [2.05, 4.69) is 25.9 Å². The SMILES string of the molecule is O=C(CNc1ccc2nnc(-c3ccccc3F)n2n1)NCc1ccccc1. The molecule has 0 aliphatic rings. The van der Waals surface area contributed by atoms with Gasteiger partial charge in [-0.25, -0.2) is 4.39 Å². The maximum Gasteiger partial charge on any atom is 0.239 e. The Bertz CT molecular complexity index is 1110. The molecule has 28 heavy (non-hydrogen) atoms. The smallest absolute Gasteiger partial charge is 0.239 e. The van der Waals surface area contributed by atoms with Crippen LogP contribution < -0.4 is 10.6 Å². The van der Waals surface area contributed by atoms with Crippen molar-refractivity contribution in [3.05, 3.63) is 78.1 Å². The highest BCUT2D eigenvalue weighted by atomic mass is 19.1. The molecule has 0 aliphatic carbocycles. The number of hydrogen-bond donors (Lipinski definition) is 2. The molecule has 4 rings (SSSR count). The molecule has 0 saturated carbocycles. The highest BCUT2D eigenvalue weighted by Crippen LogP contribution is 2.21. The summed E-state index contributed by atoms with van der Waals surface area (Å²) < 4.78 is 15.5. The van der Waals surface area contributed by atoms with Gasteiger partial charge in [0.05, 0.1) is 12.1 Å². The van der Waals surface area contributed by atoms with Gasteiger partial charge in [0.1, 0.15) is 11.6 Å². The largest absolute Gasteiger partial charge is 0.360 e. The van der Waals surface area contributed by atoms with E-state index in [1.54, 1.807) is 30.3 Å². The van der Waals surface area contributed by atoms with Crippen molar-refractivity contribution in [2.45, 2.75) is 6.54 Å². The van der Waals surface area contributed by atoms with Gasteiger partial charge in [-0.3, -0.25) is 4.79 Å². The van der Waals surface area contributed by atoms with Crippen molar-refractivity contribution < 1.29 is 9.18 Å². The maximum atomic E-state index is 14.1. The maximum absolute atomic E-state index is 14.1. The van der Waals surface area contributed by atoms with Crippen LogP contribution in [0.3, 0.4) is 0 Å². The van der Waals surface area contributed by atoms with Crippen LogP contribution in [0.5, 0.6) is 0 Å². The zero-order valence-electron chi connectivity index (χ0n) is 14.8. The number of carbonyl (C=O) groups is 1. The second-order valence-corrected chi connectivity index (χ2v) is 6.11. The van der Waals surface area contributed by atoms with Gasteiger partial charge >= 0.3 is 0 Å². The molecule has 0 spiro atoms. The topological polar surface area (TPSA) is 84.2 Å². The molecule has 8 heteroatoms. The monoisotopic (exact) mass is 376 g/mol. The first-order valence-electron chi connectivity index (χ1n) is 8.72. The van der Waals surface area contributed by atoms with Crippen molar-refractivity contribution in [2.75, 3.05) is 11.9 Å². The molecule has 2 heterocycles. The van der Waals surface area contributed by atoms with Crippen molar-refractivity contribution in [1.29, 1.82) is 0 Å². The molecule has 0 aliphatic heterocycles. The quantitative estimate of drug-likeness (QED) is 0.541. The van der Waals surface area contributed by atoms with Crippen LogP contribution in [0.4, 0.5) is 10.2 Å². The van der Waals surface area contributed by atoms with Crippen molar-refractivity contribution in [3.8, 4) is 11.4 Å². The number of fused-ring (bicyclic) bond motifs is 1. The Morgan fingerprint density at radius 2 is 1.75 bits per heavy atom. The third-order valence-electron chi connectivity index (χ3n) is 4.14. The van der Waals surface area contributed by atoms with Crippen LogP contribution in [0.1, 0.15) is 5.56 Å². The van der Waals surface area contributed by atoms with Crippen LogP contribution in [0.2, 0.25) is 0 Å². The predicted molar refractivity (Wildman–Crippen MR) is 103 cm³/mol. The minimum absolute atomic E-state index is 0.0580. The number of hydrogen-bond acceptors (Lipinski definition) is 5. The zero-order chi connectivity index (χ0) is 19.3. The summed E-state index contributed by atoms with van der Waals surface area (Å²) in [6.07, 6.45) is 0. The number of amides is 1. The first kappa shape index (κ1) is 17.6. The van der Waals surface area contributed by atoms with E-state index in [1.807, 2.05) is 30.3 Å². The van der Waals surface area contributed by atoms with Gasteiger partial charge < -0.3 is 10.6 Å². The molecule has 7 nitrogen and oxygen atoms in total. The predicted octanol–water partition coefficient (Wildman–Crippen LogP) is 2.66. The Hall–Kier alpha value is -3.81. The molecule has 2 aromatic heterocycles. The van der Waals surface area contributed by atoms with E-state index in [4.69, 9.17) is 0 Å². The summed E-state index contributed by atoms with van der Waals surface area (Å²) in [5, 5.41) is 18.2. The van der Waals surface area contributed by atoms with E-state index in [9.17, 15) is 9.18 Å². The molecule has 2 N–H and O–H groups in total. The Labute approximate surface area is 160 Å². The molecule has 0 fully saturated rings. The lowest BCUT2D eigenvalue weighted by molar-refractivity contribution is -0.119. The Kier molecular flexibility index (Phi) is 4.92.